The summed E-state index contributed by atoms with van der Waals surface area (Å²) in [7, 11) is 0. The first-order valence-corrected chi connectivity index (χ1v) is 9.37. The summed E-state index contributed by atoms with van der Waals surface area (Å²) in [5.74, 6) is -0.300. The molecule has 0 saturated carbocycles. The molecular weight excluding hydrogens is 393 g/mol. The van der Waals surface area contributed by atoms with Crippen LogP contribution in [0.2, 0.25) is 0 Å². The Morgan fingerprint density at radius 3 is 2.52 bits per heavy atom. The topological polar surface area (TPSA) is 79.2 Å². The Morgan fingerprint density at radius 1 is 1.24 bits per heavy atom. The van der Waals surface area contributed by atoms with Gasteiger partial charge < -0.3 is 14.5 Å². The summed E-state index contributed by atoms with van der Waals surface area (Å²) >= 11 is 0. The van der Waals surface area contributed by atoms with Crippen molar-refractivity contribution in [2.75, 3.05) is 57.4 Å². The zero-order chi connectivity index (χ0) is 21.2. The molecule has 1 amide bonds. The molecule has 1 unspecified atom stereocenters. The van der Waals surface area contributed by atoms with Crippen LogP contribution in [0, 0.1) is 10.1 Å². The number of morpholine rings is 1. The average molecular weight is 416 g/mol. The number of benzene rings is 1. The highest BCUT2D eigenvalue weighted by Gasteiger charge is 2.36. The lowest BCUT2D eigenvalue weighted by molar-refractivity contribution is -0.384. The number of halogens is 3. The maximum atomic E-state index is 12.7. The molecule has 29 heavy (non-hydrogen) atoms. The van der Waals surface area contributed by atoms with Gasteiger partial charge in [-0.25, -0.2) is 0 Å². The van der Waals surface area contributed by atoms with E-state index in [1.165, 1.54) is 23.1 Å². The fourth-order valence-electron chi connectivity index (χ4n) is 3.70. The molecule has 0 aliphatic carbocycles. The van der Waals surface area contributed by atoms with Crippen molar-refractivity contribution in [3.63, 3.8) is 0 Å². The molecule has 0 N–H and O–H groups in total. The molecule has 3 rings (SSSR count). The van der Waals surface area contributed by atoms with E-state index in [-0.39, 0.29) is 36.8 Å². The monoisotopic (exact) mass is 416 g/mol. The molecule has 0 radical (unpaired) electrons. The Kier molecular flexibility index (Phi) is 6.27. The number of hydrogen-bond donors (Lipinski definition) is 0. The molecule has 2 aliphatic rings. The number of piperazine rings is 1. The van der Waals surface area contributed by atoms with Crippen molar-refractivity contribution in [1.82, 2.24) is 9.80 Å². The van der Waals surface area contributed by atoms with Crippen LogP contribution in [0.1, 0.15) is 17.3 Å². The molecule has 8 nitrogen and oxygen atoms in total. The Morgan fingerprint density at radius 2 is 1.93 bits per heavy atom. The first kappa shape index (κ1) is 21.3. The molecule has 160 valence electrons. The number of anilines is 1. The summed E-state index contributed by atoms with van der Waals surface area (Å²) in [6, 6.07) is 3.88. The second-order valence-electron chi connectivity index (χ2n) is 7.25. The van der Waals surface area contributed by atoms with E-state index in [0.29, 0.717) is 32.0 Å². The summed E-state index contributed by atoms with van der Waals surface area (Å²) in [6.07, 6.45) is -4.29. The van der Waals surface area contributed by atoms with E-state index in [4.69, 9.17) is 4.74 Å². The van der Waals surface area contributed by atoms with Crippen LogP contribution in [0.3, 0.4) is 0 Å². The summed E-state index contributed by atoms with van der Waals surface area (Å²) in [5, 5.41) is 11.6. The van der Waals surface area contributed by atoms with Gasteiger partial charge in [-0.1, -0.05) is 0 Å². The molecule has 11 heteroatoms. The largest absolute Gasteiger partial charge is 0.401 e. The lowest BCUT2D eigenvalue weighted by atomic mass is 10.1. The number of nitro benzene ring substituents is 1. The van der Waals surface area contributed by atoms with E-state index < -0.39 is 23.7 Å². The van der Waals surface area contributed by atoms with Crippen molar-refractivity contribution in [3.8, 4) is 0 Å². The second-order valence-corrected chi connectivity index (χ2v) is 7.25. The molecule has 1 aromatic rings. The van der Waals surface area contributed by atoms with Crippen LogP contribution in [0.5, 0.6) is 0 Å². The third kappa shape index (κ3) is 5.15. The normalized spacial score (nSPS) is 21.3. The average Bonchev–Trinajstić information content (AvgIpc) is 2.68. The number of rotatable bonds is 4. The van der Waals surface area contributed by atoms with Gasteiger partial charge in [0, 0.05) is 50.4 Å². The van der Waals surface area contributed by atoms with Crippen LogP contribution in [-0.4, -0.2) is 85.3 Å². The molecule has 0 bridgehead atoms. The Labute approximate surface area is 166 Å². The van der Waals surface area contributed by atoms with E-state index in [1.54, 1.807) is 16.7 Å². The van der Waals surface area contributed by atoms with Crippen molar-refractivity contribution >= 4 is 17.3 Å². The van der Waals surface area contributed by atoms with Crippen LogP contribution in [0.15, 0.2) is 18.2 Å². The van der Waals surface area contributed by atoms with Gasteiger partial charge in [0.05, 0.1) is 24.7 Å². The van der Waals surface area contributed by atoms with Gasteiger partial charge >= 0.3 is 6.18 Å². The number of carbonyl (C=O) groups is 1. The summed E-state index contributed by atoms with van der Waals surface area (Å²) < 4.78 is 43.3. The zero-order valence-electron chi connectivity index (χ0n) is 16.0. The standard InChI is InChI=1S/C18H23F3N4O4/c1-13-11-23(4-5-24(13)12-18(19,20)21)15-3-2-14(10-16(15)25(27)28)17(26)22-6-8-29-9-7-22/h2-3,10,13H,4-9,11-12H2,1H3. The minimum Gasteiger partial charge on any atom is -0.378 e. The predicted octanol–water partition coefficient (Wildman–Crippen LogP) is 2.14. The molecule has 2 heterocycles. The number of carbonyl (C=O) groups excluding carboxylic acids is 1. The molecule has 0 spiro atoms. The Hall–Kier alpha value is -2.40. The van der Waals surface area contributed by atoms with Crippen LogP contribution >= 0.6 is 0 Å². The smallest absolute Gasteiger partial charge is 0.378 e. The Balaban J connectivity index is 1.77. The highest BCUT2D eigenvalue weighted by atomic mass is 19.4. The van der Waals surface area contributed by atoms with Crippen LogP contribution in [0.25, 0.3) is 0 Å². The summed E-state index contributed by atoms with van der Waals surface area (Å²) in [4.78, 5) is 28.3. The fraction of sp³-hybridized carbons (Fsp3) is 0.611. The van der Waals surface area contributed by atoms with E-state index >= 15 is 0 Å². The van der Waals surface area contributed by atoms with Gasteiger partial charge in [0.25, 0.3) is 11.6 Å². The maximum absolute atomic E-state index is 12.7. The van der Waals surface area contributed by atoms with E-state index in [1.807, 2.05) is 0 Å². The molecular formula is C18H23F3N4O4. The van der Waals surface area contributed by atoms with Gasteiger partial charge in [-0.2, -0.15) is 13.2 Å². The minimum atomic E-state index is -4.29. The number of nitro groups is 1. The SMILES string of the molecule is CC1CN(c2ccc(C(=O)N3CCOCC3)cc2[N+](=O)[O-])CCN1CC(F)(F)F. The molecule has 2 aliphatic heterocycles. The first-order chi connectivity index (χ1) is 13.7. The third-order valence-corrected chi connectivity index (χ3v) is 5.21. The number of ether oxygens (including phenoxy) is 1. The predicted molar refractivity (Wildman–Crippen MR) is 99.1 cm³/mol. The van der Waals surface area contributed by atoms with E-state index in [9.17, 15) is 28.1 Å². The van der Waals surface area contributed by atoms with Crippen molar-refractivity contribution in [2.24, 2.45) is 0 Å². The fourth-order valence-corrected chi connectivity index (χ4v) is 3.70. The van der Waals surface area contributed by atoms with Gasteiger partial charge in [-0.15, -0.1) is 0 Å². The first-order valence-electron chi connectivity index (χ1n) is 9.37. The quantitative estimate of drug-likeness (QED) is 0.553. The van der Waals surface area contributed by atoms with Gasteiger partial charge in [0.1, 0.15) is 5.69 Å². The number of nitrogens with zero attached hydrogens (tertiary/aromatic N) is 4. The zero-order valence-corrected chi connectivity index (χ0v) is 16.0. The highest BCUT2D eigenvalue weighted by Crippen LogP contribution is 2.32. The number of alkyl halides is 3. The van der Waals surface area contributed by atoms with Crippen LogP contribution < -0.4 is 4.90 Å². The molecule has 1 aromatic carbocycles. The highest BCUT2D eigenvalue weighted by molar-refractivity contribution is 5.96. The summed E-state index contributed by atoms with van der Waals surface area (Å²) in [5.41, 5.74) is 0.304. The van der Waals surface area contributed by atoms with Gasteiger partial charge in [-0.3, -0.25) is 19.8 Å². The molecule has 2 saturated heterocycles. The number of amides is 1. The van der Waals surface area contributed by atoms with Crippen molar-refractivity contribution in [3.05, 3.63) is 33.9 Å². The van der Waals surface area contributed by atoms with Gasteiger partial charge in [0.2, 0.25) is 0 Å². The molecule has 0 aromatic heterocycles. The van der Waals surface area contributed by atoms with E-state index in [0.717, 1.165) is 0 Å². The second kappa shape index (κ2) is 8.54. The minimum absolute atomic E-state index is 0.145. The van der Waals surface area contributed by atoms with Crippen molar-refractivity contribution < 1.29 is 27.6 Å². The lowest BCUT2D eigenvalue weighted by Crippen LogP contribution is -2.54. The van der Waals surface area contributed by atoms with Crippen LogP contribution in [0.4, 0.5) is 24.5 Å². The molecule has 1 atom stereocenters. The lowest BCUT2D eigenvalue weighted by Gasteiger charge is -2.40. The van der Waals surface area contributed by atoms with E-state index in [2.05, 4.69) is 0 Å². The maximum Gasteiger partial charge on any atom is 0.401 e. The molecule has 2 fully saturated rings. The summed E-state index contributed by atoms with van der Waals surface area (Å²) in [6.45, 7) is 2.97. The van der Waals surface area contributed by atoms with Crippen molar-refractivity contribution in [2.45, 2.75) is 19.1 Å². The van der Waals surface area contributed by atoms with Gasteiger partial charge in [-0.05, 0) is 19.1 Å². The Bertz CT molecular complexity index is 768. The van der Waals surface area contributed by atoms with Crippen LogP contribution in [-0.2, 0) is 4.74 Å². The van der Waals surface area contributed by atoms with Crippen molar-refractivity contribution in [1.29, 1.82) is 0 Å². The van der Waals surface area contributed by atoms with Gasteiger partial charge in [0.15, 0.2) is 0 Å². The number of hydrogen-bond acceptors (Lipinski definition) is 6. The third-order valence-electron chi connectivity index (χ3n) is 5.21.